The third kappa shape index (κ3) is 6.12. The van der Waals surface area contributed by atoms with E-state index in [1.165, 1.54) is 0 Å². The summed E-state index contributed by atoms with van der Waals surface area (Å²) in [4.78, 5) is 28.1. The van der Waals surface area contributed by atoms with Crippen LogP contribution in [0.2, 0.25) is 0 Å². The molecule has 0 bridgehead atoms. The van der Waals surface area contributed by atoms with E-state index in [2.05, 4.69) is 29.5 Å². The van der Waals surface area contributed by atoms with Crippen LogP contribution in [0, 0.1) is 0 Å². The van der Waals surface area contributed by atoms with Gasteiger partial charge in [0.25, 0.3) is 0 Å². The van der Waals surface area contributed by atoms with Crippen LogP contribution in [0.1, 0.15) is 47.2 Å². The minimum absolute atomic E-state index is 0.0982. The van der Waals surface area contributed by atoms with Crippen molar-refractivity contribution in [2.75, 3.05) is 5.32 Å². The number of benzene rings is 2. The van der Waals surface area contributed by atoms with Crippen molar-refractivity contribution in [1.29, 1.82) is 0 Å². The highest BCUT2D eigenvalue weighted by Crippen LogP contribution is 2.20. The number of hydrogen-bond donors (Lipinski definition) is 2. The third-order valence-electron chi connectivity index (χ3n) is 4.53. The maximum Gasteiger partial charge on any atom is 0.307 e. The molecule has 154 valence electrons. The summed E-state index contributed by atoms with van der Waals surface area (Å²) in [6, 6.07) is 14.7. The monoisotopic (exact) mass is 420 g/mol. The molecule has 3 aromatic rings. The first-order chi connectivity index (χ1) is 14.4. The SMILES string of the molecule is CC(C)c1csc(C=Cc2cccc(NC(=O)Cc3ccccc3CC(=O)O)c2)n1. The molecule has 0 unspecified atom stereocenters. The lowest BCUT2D eigenvalue weighted by atomic mass is 10.0. The number of carbonyl (C=O) groups excluding carboxylic acids is 1. The maximum atomic E-state index is 12.5. The van der Waals surface area contributed by atoms with Crippen molar-refractivity contribution in [3.8, 4) is 0 Å². The largest absolute Gasteiger partial charge is 0.481 e. The summed E-state index contributed by atoms with van der Waals surface area (Å²) in [5.41, 5.74) is 4.11. The molecular weight excluding hydrogens is 396 g/mol. The first-order valence-corrected chi connectivity index (χ1v) is 10.6. The molecular formula is C24H24N2O3S. The van der Waals surface area contributed by atoms with Crippen molar-refractivity contribution >= 4 is 41.1 Å². The van der Waals surface area contributed by atoms with Crippen LogP contribution in [0.3, 0.4) is 0 Å². The number of rotatable bonds is 8. The highest BCUT2D eigenvalue weighted by molar-refractivity contribution is 7.10. The van der Waals surface area contributed by atoms with E-state index in [0.29, 0.717) is 17.2 Å². The van der Waals surface area contributed by atoms with Gasteiger partial charge in [-0.3, -0.25) is 9.59 Å². The zero-order valence-corrected chi connectivity index (χ0v) is 17.8. The van der Waals surface area contributed by atoms with E-state index in [4.69, 9.17) is 5.11 Å². The van der Waals surface area contributed by atoms with Gasteiger partial charge in [-0.2, -0.15) is 0 Å². The summed E-state index contributed by atoms with van der Waals surface area (Å²) < 4.78 is 0. The molecule has 0 aliphatic carbocycles. The van der Waals surface area contributed by atoms with E-state index >= 15 is 0 Å². The van der Waals surface area contributed by atoms with Crippen molar-refractivity contribution in [2.24, 2.45) is 0 Å². The Morgan fingerprint density at radius 1 is 1.07 bits per heavy atom. The lowest BCUT2D eigenvalue weighted by Crippen LogP contribution is -2.16. The van der Waals surface area contributed by atoms with Gasteiger partial charge in [-0.05, 0) is 40.8 Å². The lowest BCUT2D eigenvalue weighted by molar-refractivity contribution is -0.136. The van der Waals surface area contributed by atoms with Crippen LogP contribution in [0.25, 0.3) is 12.2 Å². The molecule has 1 aromatic heterocycles. The Bertz CT molecular complexity index is 1070. The summed E-state index contributed by atoms with van der Waals surface area (Å²) >= 11 is 1.61. The van der Waals surface area contributed by atoms with Gasteiger partial charge in [0.2, 0.25) is 5.91 Å². The number of aromatic nitrogens is 1. The second-order valence-electron chi connectivity index (χ2n) is 7.29. The predicted octanol–water partition coefficient (Wildman–Crippen LogP) is 5.25. The topological polar surface area (TPSA) is 79.3 Å². The van der Waals surface area contributed by atoms with Gasteiger partial charge in [-0.25, -0.2) is 4.98 Å². The zero-order valence-electron chi connectivity index (χ0n) is 17.0. The second kappa shape index (κ2) is 9.98. The van der Waals surface area contributed by atoms with E-state index in [1.54, 1.807) is 29.5 Å². The minimum Gasteiger partial charge on any atom is -0.481 e. The van der Waals surface area contributed by atoms with Gasteiger partial charge in [0.05, 0.1) is 18.5 Å². The van der Waals surface area contributed by atoms with Gasteiger partial charge in [0.15, 0.2) is 0 Å². The van der Waals surface area contributed by atoms with Crippen molar-refractivity contribution in [3.05, 3.63) is 81.3 Å². The molecule has 2 N–H and O–H groups in total. The highest BCUT2D eigenvalue weighted by Gasteiger charge is 2.11. The van der Waals surface area contributed by atoms with E-state index in [-0.39, 0.29) is 18.7 Å². The predicted molar refractivity (Wildman–Crippen MR) is 122 cm³/mol. The van der Waals surface area contributed by atoms with Crippen LogP contribution in [0.5, 0.6) is 0 Å². The fourth-order valence-corrected chi connectivity index (χ4v) is 3.84. The van der Waals surface area contributed by atoms with Gasteiger partial charge in [-0.1, -0.05) is 56.3 Å². The summed E-state index contributed by atoms with van der Waals surface area (Å²) in [6.45, 7) is 4.24. The highest BCUT2D eigenvalue weighted by atomic mass is 32.1. The van der Waals surface area contributed by atoms with E-state index in [0.717, 1.165) is 21.8 Å². The molecule has 3 rings (SSSR count). The Labute approximate surface area is 180 Å². The average molecular weight is 421 g/mol. The van der Waals surface area contributed by atoms with Crippen molar-refractivity contribution in [2.45, 2.75) is 32.6 Å². The Balaban J connectivity index is 1.65. The van der Waals surface area contributed by atoms with Crippen LogP contribution < -0.4 is 5.32 Å². The minimum atomic E-state index is -0.914. The number of carboxylic acids is 1. The molecule has 5 nitrogen and oxygen atoms in total. The molecule has 0 aliphatic heterocycles. The first-order valence-electron chi connectivity index (χ1n) is 9.72. The van der Waals surface area contributed by atoms with Crippen LogP contribution in [0.15, 0.2) is 53.9 Å². The number of carboxylic acid groups (broad SMARTS) is 1. The maximum absolute atomic E-state index is 12.5. The first kappa shape index (κ1) is 21.5. The number of aliphatic carboxylic acids is 1. The standard InChI is InChI=1S/C24H24N2O3S/c1-16(2)21-15-30-23(26-21)11-10-17-6-5-9-20(12-17)25-22(27)13-18-7-3-4-8-19(18)14-24(28)29/h3-12,15-16H,13-14H2,1-2H3,(H,25,27)(H,28,29). The lowest BCUT2D eigenvalue weighted by Gasteiger charge is -2.09. The van der Waals surface area contributed by atoms with Crippen molar-refractivity contribution < 1.29 is 14.7 Å². The third-order valence-corrected chi connectivity index (χ3v) is 5.36. The Morgan fingerprint density at radius 3 is 2.47 bits per heavy atom. The van der Waals surface area contributed by atoms with Crippen molar-refractivity contribution in [1.82, 2.24) is 4.98 Å². The number of thiazole rings is 1. The number of hydrogen-bond acceptors (Lipinski definition) is 4. The number of anilines is 1. The van der Waals surface area contributed by atoms with E-state index < -0.39 is 5.97 Å². The number of nitrogens with zero attached hydrogens (tertiary/aromatic N) is 1. The average Bonchev–Trinajstić information content (AvgIpc) is 3.17. The second-order valence-corrected chi connectivity index (χ2v) is 8.18. The van der Waals surface area contributed by atoms with Crippen LogP contribution in [0.4, 0.5) is 5.69 Å². The molecule has 0 aliphatic rings. The summed E-state index contributed by atoms with van der Waals surface area (Å²) in [7, 11) is 0. The molecule has 30 heavy (non-hydrogen) atoms. The fourth-order valence-electron chi connectivity index (χ4n) is 2.97. The summed E-state index contributed by atoms with van der Waals surface area (Å²) in [6.07, 6.45) is 3.97. The molecule has 6 heteroatoms. The molecule has 1 amide bonds. The van der Waals surface area contributed by atoms with Gasteiger partial charge in [-0.15, -0.1) is 11.3 Å². The summed E-state index contributed by atoms with van der Waals surface area (Å²) in [5, 5.41) is 15.0. The molecule has 0 saturated carbocycles. The number of nitrogens with one attached hydrogen (secondary N) is 1. The molecule has 2 aromatic carbocycles. The van der Waals surface area contributed by atoms with Gasteiger partial charge >= 0.3 is 5.97 Å². The van der Waals surface area contributed by atoms with Gasteiger partial charge < -0.3 is 10.4 Å². The summed E-state index contributed by atoms with van der Waals surface area (Å²) in [5.74, 6) is -0.693. The zero-order chi connectivity index (χ0) is 21.5. The molecule has 0 radical (unpaired) electrons. The molecule has 0 spiro atoms. The normalized spacial score (nSPS) is 11.2. The van der Waals surface area contributed by atoms with Gasteiger partial charge in [0.1, 0.15) is 5.01 Å². The quantitative estimate of drug-likeness (QED) is 0.522. The Kier molecular flexibility index (Phi) is 7.14. The fraction of sp³-hybridized carbons (Fsp3) is 0.208. The van der Waals surface area contributed by atoms with Crippen molar-refractivity contribution in [3.63, 3.8) is 0 Å². The smallest absolute Gasteiger partial charge is 0.307 e. The van der Waals surface area contributed by atoms with Crippen LogP contribution >= 0.6 is 11.3 Å². The van der Waals surface area contributed by atoms with E-state index in [1.807, 2.05) is 42.5 Å². The molecule has 0 saturated heterocycles. The number of carbonyl (C=O) groups is 2. The molecule has 0 atom stereocenters. The van der Waals surface area contributed by atoms with Crippen LogP contribution in [-0.2, 0) is 22.4 Å². The Hall–Kier alpha value is -3.25. The molecule has 1 heterocycles. The van der Waals surface area contributed by atoms with E-state index in [9.17, 15) is 9.59 Å². The number of amides is 1. The van der Waals surface area contributed by atoms with Gasteiger partial charge in [0, 0.05) is 11.1 Å². The molecule has 0 fully saturated rings. The van der Waals surface area contributed by atoms with Crippen LogP contribution in [-0.4, -0.2) is 22.0 Å². The Morgan fingerprint density at radius 2 is 1.80 bits per heavy atom.